The number of aliphatic carboxylic acids is 1. The van der Waals surface area contributed by atoms with Crippen molar-refractivity contribution < 1.29 is 14.6 Å². The van der Waals surface area contributed by atoms with Crippen LogP contribution in [0.4, 0.5) is 0 Å². The summed E-state index contributed by atoms with van der Waals surface area (Å²) in [5.41, 5.74) is 1.56. The average molecular weight is 315 g/mol. The summed E-state index contributed by atoms with van der Waals surface area (Å²) < 4.78 is 7.59. The highest BCUT2D eigenvalue weighted by Crippen LogP contribution is 2.32. The SMILES string of the molecule is CC(C)n1ccc(CN2CCOc3ccccc3C2C(=O)O)n1. The third-order valence-electron chi connectivity index (χ3n) is 4.01. The van der Waals surface area contributed by atoms with E-state index < -0.39 is 12.0 Å². The molecule has 6 heteroatoms. The zero-order valence-electron chi connectivity index (χ0n) is 13.3. The lowest BCUT2D eigenvalue weighted by Crippen LogP contribution is -2.34. The number of carboxylic acids is 1. The number of hydrogen-bond acceptors (Lipinski definition) is 4. The van der Waals surface area contributed by atoms with Gasteiger partial charge in [-0.3, -0.25) is 14.4 Å². The third kappa shape index (κ3) is 3.22. The Morgan fingerprint density at radius 2 is 2.17 bits per heavy atom. The summed E-state index contributed by atoms with van der Waals surface area (Å²) in [6.45, 7) is 5.61. The van der Waals surface area contributed by atoms with Crippen LogP contribution in [0.25, 0.3) is 0 Å². The molecule has 1 atom stereocenters. The zero-order chi connectivity index (χ0) is 16.4. The minimum atomic E-state index is -0.869. The molecule has 0 spiro atoms. The number of aromatic nitrogens is 2. The highest BCUT2D eigenvalue weighted by atomic mass is 16.5. The van der Waals surface area contributed by atoms with E-state index in [0.717, 1.165) is 5.69 Å². The molecule has 1 aromatic carbocycles. The van der Waals surface area contributed by atoms with Crippen LogP contribution in [-0.4, -0.2) is 38.9 Å². The lowest BCUT2D eigenvalue weighted by atomic mass is 10.0. The van der Waals surface area contributed by atoms with Crippen molar-refractivity contribution in [2.75, 3.05) is 13.2 Å². The van der Waals surface area contributed by atoms with Crippen molar-refractivity contribution in [1.82, 2.24) is 14.7 Å². The van der Waals surface area contributed by atoms with Gasteiger partial charge in [0.25, 0.3) is 0 Å². The van der Waals surface area contributed by atoms with Crippen LogP contribution in [0.15, 0.2) is 36.5 Å². The van der Waals surface area contributed by atoms with Gasteiger partial charge in [-0.2, -0.15) is 5.10 Å². The molecule has 0 saturated heterocycles. The van der Waals surface area contributed by atoms with Crippen molar-refractivity contribution in [1.29, 1.82) is 0 Å². The van der Waals surface area contributed by atoms with E-state index in [4.69, 9.17) is 4.74 Å². The van der Waals surface area contributed by atoms with E-state index in [2.05, 4.69) is 18.9 Å². The lowest BCUT2D eigenvalue weighted by molar-refractivity contribution is -0.143. The van der Waals surface area contributed by atoms with Gasteiger partial charge in [0.05, 0.1) is 5.69 Å². The molecule has 0 saturated carbocycles. The Morgan fingerprint density at radius 1 is 1.39 bits per heavy atom. The second-order valence-electron chi connectivity index (χ2n) is 5.98. The number of ether oxygens (including phenoxy) is 1. The molecule has 1 aromatic heterocycles. The molecule has 1 unspecified atom stereocenters. The maximum atomic E-state index is 11.9. The zero-order valence-corrected chi connectivity index (χ0v) is 13.3. The van der Waals surface area contributed by atoms with Crippen molar-refractivity contribution in [2.45, 2.75) is 32.5 Å². The first kappa shape index (κ1) is 15.6. The molecule has 6 nitrogen and oxygen atoms in total. The normalized spacial score (nSPS) is 18.3. The van der Waals surface area contributed by atoms with E-state index in [1.54, 1.807) is 0 Å². The molecule has 1 aliphatic heterocycles. The minimum absolute atomic E-state index is 0.284. The fraction of sp³-hybridized carbons (Fsp3) is 0.412. The number of rotatable bonds is 4. The summed E-state index contributed by atoms with van der Waals surface area (Å²) >= 11 is 0. The van der Waals surface area contributed by atoms with E-state index >= 15 is 0 Å². The first-order chi connectivity index (χ1) is 11.1. The molecule has 122 valence electrons. The number of carboxylic acid groups (broad SMARTS) is 1. The number of carbonyl (C=O) groups is 1. The summed E-state index contributed by atoms with van der Waals surface area (Å²) in [6.07, 6.45) is 1.93. The van der Waals surface area contributed by atoms with Gasteiger partial charge in [-0.15, -0.1) is 0 Å². The van der Waals surface area contributed by atoms with Crippen LogP contribution in [0.1, 0.15) is 37.2 Å². The van der Waals surface area contributed by atoms with Crippen LogP contribution >= 0.6 is 0 Å². The van der Waals surface area contributed by atoms with Gasteiger partial charge in [-0.25, -0.2) is 0 Å². The average Bonchev–Trinajstić information content (AvgIpc) is 2.89. The molecule has 1 aliphatic rings. The Bertz CT molecular complexity index is 696. The Labute approximate surface area is 135 Å². The Morgan fingerprint density at radius 3 is 2.87 bits per heavy atom. The first-order valence-electron chi connectivity index (χ1n) is 7.79. The highest BCUT2D eigenvalue weighted by Gasteiger charge is 2.32. The molecule has 2 heterocycles. The van der Waals surface area contributed by atoms with Crippen LogP contribution in [0.2, 0.25) is 0 Å². The smallest absolute Gasteiger partial charge is 0.325 e. The molecule has 3 rings (SSSR count). The van der Waals surface area contributed by atoms with Crippen molar-refractivity contribution >= 4 is 5.97 Å². The summed E-state index contributed by atoms with van der Waals surface area (Å²) in [7, 11) is 0. The largest absolute Gasteiger partial charge is 0.492 e. The predicted molar refractivity (Wildman–Crippen MR) is 85.3 cm³/mol. The van der Waals surface area contributed by atoms with Gasteiger partial charge in [0.1, 0.15) is 18.4 Å². The molecule has 23 heavy (non-hydrogen) atoms. The quantitative estimate of drug-likeness (QED) is 0.939. The molecular weight excluding hydrogens is 294 g/mol. The van der Waals surface area contributed by atoms with Crippen LogP contribution in [0.5, 0.6) is 5.75 Å². The van der Waals surface area contributed by atoms with E-state index in [1.807, 2.05) is 46.1 Å². The number of para-hydroxylation sites is 1. The number of benzene rings is 1. The van der Waals surface area contributed by atoms with E-state index in [1.165, 1.54) is 0 Å². The summed E-state index contributed by atoms with van der Waals surface area (Å²) in [6, 6.07) is 8.84. The lowest BCUT2D eigenvalue weighted by Gasteiger charge is -2.25. The predicted octanol–water partition coefficient (Wildman–Crippen LogP) is 2.48. The standard InChI is InChI=1S/C17H21N3O3/c1-12(2)20-8-7-13(18-20)11-19-9-10-23-15-6-4-3-5-14(15)16(19)17(21)22/h3-8,12,16H,9-11H2,1-2H3,(H,21,22). The molecule has 0 aliphatic carbocycles. The molecule has 0 amide bonds. The number of nitrogens with zero attached hydrogens (tertiary/aromatic N) is 3. The van der Waals surface area contributed by atoms with Gasteiger partial charge in [-0.1, -0.05) is 18.2 Å². The van der Waals surface area contributed by atoms with Gasteiger partial charge in [-0.05, 0) is 26.0 Å². The van der Waals surface area contributed by atoms with Crippen LogP contribution in [0, 0.1) is 0 Å². The molecular formula is C17H21N3O3. The monoisotopic (exact) mass is 315 g/mol. The van der Waals surface area contributed by atoms with Gasteiger partial charge in [0.2, 0.25) is 0 Å². The summed E-state index contributed by atoms with van der Waals surface area (Å²) in [5.74, 6) is -0.221. The van der Waals surface area contributed by atoms with E-state index in [-0.39, 0.29) is 6.04 Å². The van der Waals surface area contributed by atoms with Gasteiger partial charge < -0.3 is 9.84 Å². The molecule has 2 aromatic rings. The molecule has 0 fully saturated rings. The molecule has 1 N–H and O–H groups in total. The Hall–Kier alpha value is -2.34. The topological polar surface area (TPSA) is 67.6 Å². The third-order valence-corrected chi connectivity index (χ3v) is 4.01. The van der Waals surface area contributed by atoms with Gasteiger partial charge in [0, 0.05) is 30.9 Å². The van der Waals surface area contributed by atoms with Crippen molar-refractivity contribution in [3.8, 4) is 5.75 Å². The molecule has 0 radical (unpaired) electrons. The summed E-state index contributed by atoms with van der Waals surface area (Å²) in [4.78, 5) is 13.8. The maximum Gasteiger partial charge on any atom is 0.325 e. The second kappa shape index (κ2) is 6.42. The second-order valence-corrected chi connectivity index (χ2v) is 5.98. The van der Waals surface area contributed by atoms with Gasteiger partial charge >= 0.3 is 5.97 Å². The minimum Gasteiger partial charge on any atom is -0.492 e. The number of hydrogen-bond donors (Lipinski definition) is 1. The van der Waals surface area contributed by atoms with Crippen LogP contribution < -0.4 is 4.74 Å². The van der Waals surface area contributed by atoms with Crippen LogP contribution in [0.3, 0.4) is 0 Å². The Balaban J connectivity index is 1.89. The number of fused-ring (bicyclic) bond motifs is 1. The van der Waals surface area contributed by atoms with Crippen molar-refractivity contribution in [3.63, 3.8) is 0 Å². The fourth-order valence-electron chi connectivity index (χ4n) is 2.85. The molecule has 0 bridgehead atoms. The fourth-order valence-corrected chi connectivity index (χ4v) is 2.85. The van der Waals surface area contributed by atoms with Gasteiger partial charge in [0.15, 0.2) is 0 Å². The maximum absolute atomic E-state index is 11.9. The van der Waals surface area contributed by atoms with Crippen molar-refractivity contribution in [3.05, 3.63) is 47.8 Å². The summed E-state index contributed by atoms with van der Waals surface area (Å²) in [5, 5.41) is 14.3. The van der Waals surface area contributed by atoms with Crippen molar-refractivity contribution in [2.24, 2.45) is 0 Å². The van der Waals surface area contributed by atoms with E-state index in [0.29, 0.717) is 31.0 Å². The highest BCUT2D eigenvalue weighted by molar-refractivity contribution is 5.76. The van der Waals surface area contributed by atoms with E-state index in [9.17, 15) is 9.90 Å². The first-order valence-corrected chi connectivity index (χ1v) is 7.79. The Kier molecular flexibility index (Phi) is 4.34. The van der Waals surface area contributed by atoms with Crippen LogP contribution in [-0.2, 0) is 11.3 Å².